The highest BCUT2D eigenvalue weighted by atomic mass is 35.5. The predicted molar refractivity (Wildman–Crippen MR) is 117 cm³/mol. The van der Waals surface area contributed by atoms with Gasteiger partial charge in [-0.05, 0) is 47.2 Å². The SMILES string of the molecule is CN1CCN(C(c2ccc(Cl)cc2)c2nnnn2CCc2ccccc2)CC1.[2H]C. The molecule has 2 aromatic carbocycles. The standard InChI is InChI=1S/C21H25ClN6.CH4/c1-26-13-15-27(16-14-26)20(18-7-9-19(22)10-8-18)21-23-24-25-28(21)12-11-17-5-3-2-4-6-17;/h2-10,20H,11-16H2,1H3;1H4/i;1D. The number of piperazine rings is 1. The predicted octanol–water partition coefficient (Wildman–Crippen LogP) is 3.54. The first-order valence-electron chi connectivity index (χ1n) is 10.7. The third kappa shape index (κ3) is 5.21. The van der Waals surface area contributed by atoms with Crippen LogP contribution in [-0.2, 0) is 13.0 Å². The van der Waals surface area contributed by atoms with Crippen molar-refractivity contribution in [3.63, 3.8) is 0 Å². The van der Waals surface area contributed by atoms with Gasteiger partial charge in [0, 0.05) is 39.1 Å². The van der Waals surface area contributed by atoms with Crippen molar-refractivity contribution < 1.29 is 1.37 Å². The summed E-state index contributed by atoms with van der Waals surface area (Å²) in [4.78, 5) is 4.82. The van der Waals surface area contributed by atoms with E-state index in [2.05, 4.69) is 68.8 Å². The van der Waals surface area contributed by atoms with Crippen LogP contribution < -0.4 is 0 Å². The molecule has 6 nitrogen and oxygen atoms in total. The minimum Gasteiger partial charge on any atom is -0.304 e. The molecule has 7 heteroatoms. The van der Waals surface area contributed by atoms with Crippen LogP contribution in [0, 0.1) is 0 Å². The molecule has 0 N–H and O–H groups in total. The van der Waals surface area contributed by atoms with E-state index in [1.54, 1.807) is 0 Å². The molecule has 29 heavy (non-hydrogen) atoms. The van der Waals surface area contributed by atoms with E-state index in [-0.39, 0.29) is 6.04 Å². The summed E-state index contributed by atoms with van der Waals surface area (Å²) in [5.41, 5.74) is 2.45. The van der Waals surface area contributed by atoms with Gasteiger partial charge in [0.25, 0.3) is 0 Å². The summed E-state index contributed by atoms with van der Waals surface area (Å²) in [5.74, 6) is 0.891. The molecular formula is C22H29ClN6. The highest BCUT2D eigenvalue weighted by Gasteiger charge is 2.29. The van der Waals surface area contributed by atoms with Crippen LogP contribution in [0.3, 0.4) is 0 Å². The summed E-state index contributed by atoms with van der Waals surface area (Å²) in [7, 11) is 3.42. The molecule has 0 radical (unpaired) electrons. The highest BCUT2D eigenvalue weighted by Crippen LogP contribution is 2.29. The Morgan fingerprint density at radius 3 is 2.41 bits per heavy atom. The number of tetrazole rings is 1. The first kappa shape index (κ1) is 20.0. The molecule has 1 aliphatic rings. The lowest BCUT2D eigenvalue weighted by atomic mass is 10.0. The average Bonchev–Trinajstić information content (AvgIpc) is 3.25. The normalized spacial score (nSPS) is 16.6. The van der Waals surface area contributed by atoms with Crippen molar-refractivity contribution in [1.82, 2.24) is 30.0 Å². The summed E-state index contributed by atoms with van der Waals surface area (Å²) in [6.45, 7) is 4.79. The molecule has 1 aromatic heterocycles. The minimum atomic E-state index is 0.0248. The smallest absolute Gasteiger partial charge is 0.173 e. The molecular weight excluding hydrogens is 384 g/mol. The average molecular weight is 414 g/mol. The van der Waals surface area contributed by atoms with Crippen LogP contribution in [0.2, 0.25) is 5.02 Å². The van der Waals surface area contributed by atoms with Crippen LogP contribution >= 0.6 is 11.6 Å². The number of nitrogens with zero attached hydrogens (tertiary/aromatic N) is 6. The Bertz CT molecular complexity index is 878. The van der Waals surface area contributed by atoms with Crippen molar-refractivity contribution in [3.8, 4) is 0 Å². The lowest BCUT2D eigenvalue weighted by Crippen LogP contribution is -2.46. The second-order valence-electron chi connectivity index (χ2n) is 7.29. The molecule has 0 saturated carbocycles. The molecule has 1 atom stereocenters. The Balaban J connectivity index is 0.00000124. The zero-order valence-electron chi connectivity index (χ0n) is 18.1. The topological polar surface area (TPSA) is 50.1 Å². The van der Waals surface area contributed by atoms with Gasteiger partial charge in [0.1, 0.15) is 0 Å². The van der Waals surface area contributed by atoms with E-state index in [9.17, 15) is 0 Å². The largest absolute Gasteiger partial charge is 0.304 e. The molecule has 0 amide bonds. The lowest BCUT2D eigenvalue weighted by Gasteiger charge is -2.37. The van der Waals surface area contributed by atoms with Crippen LogP contribution in [0.15, 0.2) is 54.6 Å². The quantitative estimate of drug-likeness (QED) is 0.618. The highest BCUT2D eigenvalue weighted by molar-refractivity contribution is 6.30. The van der Waals surface area contributed by atoms with Gasteiger partial charge >= 0.3 is 0 Å². The molecule has 0 spiro atoms. The molecule has 1 saturated heterocycles. The van der Waals surface area contributed by atoms with Gasteiger partial charge in [-0.2, -0.15) is 0 Å². The number of likely N-dealkylation sites (N-methyl/N-ethyl adjacent to an activating group) is 1. The van der Waals surface area contributed by atoms with Crippen LogP contribution in [0.5, 0.6) is 0 Å². The Morgan fingerprint density at radius 1 is 1.03 bits per heavy atom. The van der Waals surface area contributed by atoms with Crippen LogP contribution in [0.4, 0.5) is 0 Å². The molecule has 1 fully saturated rings. The Hall–Kier alpha value is -2.28. The fourth-order valence-corrected chi connectivity index (χ4v) is 3.82. The Kier molecular flexibility index (Phi) is 6.87. The maximum atomic E-state index is 6.13. The molecule has 1 unspecified atom stereocenters. The van der Waals surface area contributed by atoms with Crippen molar-refractivity contribution in [2.24, 2.45) is 0 Å². The maximum absolute atomic E-state index is 6.13. The van der Waals surface area contributed by atoms with E-state index in [4.69, 9.17) is 13.0 Å². The van der Waals surface area contributed by atoms with Gasteiger partial charge in [-0.3, -0.25) is 4.90 Å². The van der Waals surface area contributed by atoms with Crippen molar-refractivity contribution in [1.29, 1.82) is 0 Å². The summed E-state index contributed by atoms with van der Waals surface area (Å²) in [6, 6.07) is 18.5. The number of hydrogen-bond acceptors (Lipinski definition) is 5. The molecule has 2 heterocycles. The minimum absolute atomic E-state index is 0.0248. The van der Waals surface area contributed by atoms with E-state index in [0.29, 0.717) is 0 Å². The first-order chi connectivity index (χ1) is 14.7. The third-order valence-corrected chi connectivity index (χ3v) is 5.60. The van der Waals surface area contributed by atoms with E-state index in [0.717, 1.165) is 50.0 Å². The van der Waals surface area contributed by atoms with Gasteiger partial charge < -0.3 is 4.90 Å². The second kappa shape index (κ2) is 9.96. The maximum Gasteiger partial charge on any atom is 0.173 e. The monoisotopic (exact) mass is 413 g/mol. The van der Waals surface area contributed by atoms with Crippen molar-refractivity contribution in [3.05, 3.63) is 76.6 Å². The summed E-state index contributed by atoms with van der Waals surface area (Å²) in [6.07, 6.45) is 0.898. The van der Waals surface area contributed by atoms with Gasteiger partial charge in [0.15, 0.2) is 5.82 Å². The van der Waals surface area contributed by atoms with Gasteiger partial charge in [-0.25, -0.2) is 4.68 Å². The molecule has 1 aliphatic heterocycles. The molecule has 0 bridgehead atoms. The Labute approximate surface area is 179 Å². The zero-order valence-corrected chi connectivity index (χ0v) is 17.8. The van der Waals surface area contributed by atoms with Gasteiger partial charge in [0.05, 0.1) is 6.04 Å². The van der Waals surface area contributed by atoms with Crippen LogP contribution in [0.1, 0.15) is 31.8 Å². The van der Waals surface area contributed by atoms with Crippen molar-refractivity contribution in [2.75, 3.05) is 33.2 Å². The summed E-state index contributed by atoms with van der Waals surface area (Å²) in [5, 5.41) is 13.5. The van der Waals surface area contributed by atoms with E-state index in [1.807, 2.05) is 22.9 Å². The number of aromatic nitrogens is 4. The number of rotatable bonds is 6. The van der Waals surface area contributed by atoms with Gasteiger partial charge in [-0.15, -0.1) is 5.10 Å². The van der Waals surface area contributed by atoms with E-state index >= 15 is 0 Å². The fraction of sp³-hybridized carbons (Fsp3) is 0.409. The summed E-state index contributed by atoms with van der Waals surface area (Å²) >= 11 is 6.13. The van der Waals surface area contributed by atoms with Crippen molar-refractivity contribution >= 4 is 11.6 Å². The van der Waals surface area contributed by atoms with E-state index in [1.165, 1.54) is 18.5 Å². The van der Waals surface area contributed by atoms with Crippen LogP contribution in [-0.4, -0.2) is 63.2 Å². The molecule has 3 aromatic rings. The second-order valence-corrected chi connectivity index (χ2v) is 7.73. The molecule has 0 aliphatic carbocycles. The Morgan fingerprint density at radius 2 is 1.72 bits per heavy atom. The number of hydrogen-bond donors (Lipinski definition) is 0. The van der Waals surface area contributed by atoms with Gasteiger partial charge in [-0.1, -0.05) is 61.5 Å². The number of benzene rings is 2. The van der Waals surface area contributed by atoms with Crippen LogP contribution in [0.25, 0.3) is 0 Å². The lowest BCUT2D eigenvalue weighted by molar-refractivity contribution is 0.121. The third-order valence-electron chi connectivity index (χ3n) is 5.35. The number of aryl methyl sites for hydroxylation is 2. The number of halogens is 1. The van der Waals surface area contributed by atoms with Gasteiger partial charge in [0.2, 0.25) is 0 Å². The first-order valence-corrected chi connectivity index (χ1v) is 10.1. The molecule has 154 valence electrons. The van der Waals surface area contributed by atoms with Crippen molar-refractivity contribution in [2.45, 2.75) is 26.4 Å². The zero-order chi connectivity index (χ0) is 21.3. The molecule has 4 rings (SSSR count). The fourth-order valence-electron chi connectivity index (χ4n) is 3.69. The summed E-state index contributed by atoms with van der Waals surface area (Å²) < 4.78 is 7.70. The van der Waals surface area contributed by atoms with E-state index < -0.39 is 0 Å².